The fourth-order valence-electron chi connectivity index (χ4n) is 3.17. The number of amides is 1. The molecule has 1 saturated heterocycles. The van der Waals surface area contributed by atoms with E-state index in [0.29, 0.717) is 6.61 Å². The second-order valence-electron chi connectivity index (χ2n) is 5.87. The van der Waals surface area contributed by atoms with Gasteiger partial charge < -0.3 is 15.0 Å². The first-order chi connectivity index (χ1) is 9.66. The van der Waals surface area contributed by atoms with Gasteiger partial charge in [-0.2, -0.15) is 0 Å². The number of fused-ring (bicyclic) bond motifs is 1. The molecule has 0 spiro atoms. The van der Waals surface area contributed by atoms with Crippen molar-refractivity contribution in [3.63, 3.8) is 0 Å². The van der Waals surface area contributed by atoms with E-state index in [2.05, 4.69) is 24.4 Å². The molecule has 2 aliphatic heterocycles. The first-order valence-electron chi connectivity index (χ1n) is 7.35. The van der Waals surface area contributed by atoms with E-state index < -0.39 is 0 Å². The summed E-state index contributed by atoms with van der Waals surface area (Å²) in [5.74, 6) is 0.241. The average Bonchev–Trinajstić information content (AvgIpc) is 2.99. The zero-order valence-corrected chi connectivity index (χ0v) is 12.1. The van der Waals surface area contributed by atoms with Gasteiger partial charge in [0.1, 0.15) is 0 Å². The number of likely N-dealkylation sites (N-methyl/N-ethyl adjacent to an activating group) is 1. The summed E-state index contributed by atoms with van der Waals surface area (Å²) in [5.41, 5.74) is 2.40. The number of nitrogens with zero attached hydrogens (tertiary/aromatic N) is 1. The van der Waals surface area contributed by atoms with Crippen molar-refractivity contribution >= 4 is 11.6 Å². The number of anilines is 1. The molecule has 0 aliphatic carbocycles. The van der Waals surface area contributed by atoms with Crippen molar-refractivity contribution in [1.82, 2.24) is 4.90 Å². The Morgan fingerprint density at radius 3 is 2.95 bits per heavy atom. The summed E-state index contributed by atoms with van der Waals surface area (Å²) in [7, 11) is 1.91. The van der Waals surface area contributed by atoms with Crippen molar-refractivity contribution in [3.05, 3.63) is 29.8 Å². The highest BCUT2D eigenvalue weighted by Gasteiger charge is 2.35. The van der Waals surface area contributed by atoms with E-state index in [4.69, 9.17) is 4.74 Å². The minimum absolute atomic E-state index is 0.00972. The van der Waals surface area contributed by atoms with E-state index in [9.17, 15) is 4.79 Å². The molecule has 1 aromatic carbocycles. The number of hydrogen-bond acceptors (Lipinski definition) is 3. The largest absolute Gasteiger partial charge is 0.382 e. The number of carbonyl (C=O) groups excluding carboxylic acids is 1. The molecule has 1 N–H and O–H groups in total. The van der Waals surface area contributed by atoms with Crippen LogP contribution in [-0.2, 0) is 16.0 Å². The fraction of sp³-hybridized carbons (Fsp3) is 0.562. The van der Waals surface area contributed by atoms with E-state index >= 15 is 0 Å². The Hall–Kier alpha value is -1.55. The van der Waals surface area contributed by atoms with Gasteiger partial charge in [0, 0.05) is 25.4 Å². The predicted octanol–water partition coefficient (Wildman–Crippen LogP) is 1.91. The third kappa shape index (κ3) is 2.40. The molecule has 3 rings (SSSR count). The van der Waals surface area contributed by atoms with Gasteiger partial charge in [0.05, 0.1) is 18.6 Å². The lowest BCUT2D eigenvalue weighted by atomic mass is 9.87. The molecule has 4 heteroatoms. The predicted molar refractivity (Wildman–Crippen MR) is 78.7 cm³/mol. The van der Waals surface area contributed by atoms with Crippen molar-refractivity contribution in [2.24, 2.45) is 5.92 Å². The molecule has 3 unspecified atom stereocenters. The second-order valence-corrected chi connectivity index (χ2v) is 5.87. The Labute approximate surface area is 120 Å². The summed E-state index contributed by atoms with van der Waals surface area (Å²) >= 11 is 0. The van der Waals surface area contributed by atoms with Gasteiger partial charge in [-0.05, 0) is 31.4 Å². The lowest BCUT2D eigenvalue weighted by Gasteiger charge is -2.35. The smallest absolute Gasteiger partial charge is 0.228 e. The Bertz CT molecular complexity index is 497. The van der Waals surface area contributed by atoms with Crippen molar-refractivity contribution < 1.29 is 9.53 Å². The van der Waals surface area contributed by atoms with E-state index in [1.165, 1.54) is 5.56 Å². The summed E-state index contributed by atoms with van der Waals surface area (Å²) in [4.78, 5) is 14.6. The van der Waals surface area contributed by atoms with Crippen molar-refractivity contribution in [3.8, 4) is 0 Å². The highest BCUT2D eigenvalue weighted by Crippen LogP contribution is 2.29. The highest BCUT2D eigenvalue weighted by molar-refractivity contribution is 5.81. The van der Waals surface area contributed by atoms with E-state index in [1.54, 1.807) is 0 Å². The van der Waals surface area contributed by atoms with Gasteiger partial charge in [-0.1, -0.05) is 18.2 Å². The molecule has 3 atom stereocenters. The molecule has 0 radical (unpaired) electrons. The molecule has 1 fully saturated rings. The van der Waals surface area contributed by atoms with Crippen LogP contribution in [0.25, 0.3) is 0 Å². The SMILES string of the molecule is CC1Nc2ccccc2CC1C(=O)N(C)C1CCOC1. The van der Waals surface area contributed by atoms with Crippen LogP contribution >= 0.6 is 0 Å². The van der Waals surface area contributed by atoms with Crippen molar-refractivity contribution in [2.75, 3.05) is 25.6 Å². The third-order valence-corrected chi connectivity index (χ3v) is 4.56. The molecule has 108 valence electrons. The Morgan fingerprint density at radius 2 is 2.20 bits per heavy atom. The van der Waals surface area contributed by atoms with Crippen molar-refractivity contribution in [2.45, 2.75) is 31.8 Å². The van der Waals surface area contributed by atoms with Gasteiger partial charge >= 0.3 is 0 Å². The molecule has 1 amide bonds. The quantitative estimate of drug-likeness (QED) is 0.895. The summed E-state index contributed by atoms with van der Waals surface area (Å²) in [6.07, 6.45) is 1.77. The van der Waals surface area contributed by atoms with Crippen LogP contribution in [0.4, 0.5) is 5.69 Å². The van der Waals surface area contributed by atoms with E-state index in [0.717, 1.165) is 25.1 Å². The lowest BCUT2D eigenvalue weighted by Crippen LogP contribution is -2.47. The number of carbonyl (C=O) groups is 1. The zero-order valence-electron chi connectivity index (χ0n) is 12.1. The van der Waals surface area contributed by atoms with E-state index in [1.807, 2.05) is 24.1 Å². The number of ether oxygens (including phenoxy) is 1. The fourth-order valence-corrected chi connectivity index (χ4v) is 3.17. The standard InChI is InChI=1S/C16H22N2O2/c1-11-14(9-12-5-3-4-6-15(12)17-11)16(19)18(2)13-7-8-20-10-13/h3-6,11,13-14,17H,7-10H2,1-2H3. The minimum Gasteiger partial charge on any atom is -0.382 e. The molecule has 2 heterocycles. The summed E-state index contributed by atoms with van der Waals surface area (Å²) in [6, 6.07) is 8.66. The first kappa shape index (κ1) is 13.4. The molecule has 1 aromatic rings. The molecule has 4 nitrogen and oxygen atoms in total. The van der Waals surface area contributed by atoms with Crippen LogP contribution in [0.15, 0.2) is 24.3 Å². The van der Waals surface area contributed by atoms with Crippen LogP contribution in [0.1, 0.15) is 18.9 Å². The van der Waals surface area contributed by atoms with Crippen LogP contribution in [0.2, 0.25) is 0 Å². The minimum atomic E-state index is 0.00972. The molecular weight excluding hydrogens is 252 g/mol. The summed E-state index contributed by atoms with van der Waals surface area (Å²) in [6.45, 7) is 3.54. The topological polar surface area (TPSA) is 41.6 Å². The molecule has 0 aromatic heterocycles. The number of benzene rings is 1. The van der Waals surface area contributed by atoms with Gasteiger partial charge in [-0.15, -0.1) is 0 Å². The Balaban J connectivity index is 1.75. The first-order valence-corrected chi connectivity index (χ1v) is 7.35. The summed E-state index contributed by atoms with van der Waals surface area (Å²) in [5, 5.41) is 3.46. The Kier molecular flexibility index (Phi) is 3.66. The van der Waals surface area contributed by atoms with Crippen LogP contribution in [0.5, 0.6) is 0 Å². The maximum atomic E-state index is 12.7. The highest BCUT2D eigenvalue weighted by atomic mass is 16.5. The van der Waals surface area contributed by atoms with Gasteiger partial charge in [-0.3, -0.25) is 4.79 Å². The average molecular weight is 274 g/mol. The van der Waals surface area contributed by atoms with Crippen molar-refractivity contribution in [1.29, 1.82) is 0 Å². The van der Waals surface area contributed by atoms with Gasteiger partial charge in [0.15, 0.2) is 0 Å². The maximum Gasteiger partial charge on any atom is 0.228 e. The lowest BCUT2D eigenvalue weighted by molar-refractivity contribution is -0.136. The summed E-state index contributed by atoms with van der Waals surface area (Å²) < 4.78 is 5.39. The van der Waals surface area contributed by atoms with Crippen LogP contribution in [0, 0.1) is 5.92 Å². The molecule has 20 heavy (non-hydrogen) atoms. The zero-order chi connectivity index (χ0) is 14.1. The second kappa shape index (κ2) is 5.44. The molecular formula is C16H22N2O2. The molecule has 0 bridgehead atoms. The third-order valence-electron chi connectivity index (χ3n) is 4.56. The van der Waals surface area contributed by atoms with Gasteiger partial charge in [0.25, 0.3) is 0 Å². The molecule has 0 saturated carbocycles. The van der Waals surface area contributed by atoms with Gasteiger partial charge in [-0.25, -0.2) is 0 Å². The Morgan fingerprint density at radius 1 is 1.40 bits per heavy atom. The van der Waals surface area contributed by atoms with E-state index in [-0.39, 0.29) is 23.9 Å². The van der Waals surface area contributed by atoms with Crippen LogP contribution in [0.3, 0.4) is 0 Å². The number of para-hydroxylation sites is 1. The number of nitrogens with one attached hydrogen (secondary N) is 1. The molecule has 2 aliphatic rings. The number of hydrogen-bond donors (Lipinski definition) is 1. The number of rotatable bonds is 2. The van der Waals surface area contributed by atoms with Crippen LogP contribution in [-0.4, -0.2) is 43.2 Å². The maximum absolute atomic E-state index is 12.7. The normalized spacial score (nSPS) is 28.6. The monoisotopic (exact) mass is 274 g/mol. The van der Waals surface area contributed by atoms with Crippen LogP contribution < -0.4 is 5.32 Å². The van der Waals surface area contributed by atoms with Gasteiger partial charge in [0.2, 0.25) is 5.91 Å².